The number of aromatic nitrogens is 5. The van der Waals surface area contributed by atoms with E-state index < -0.39 is 0 Å². The van der Waals surface area contributed by atoms with Gasteiger partial charge in [-0.1, -0.05) is 53.5 Å². The molecular weight excluding hydrogens is 386 g/mol. The van der Waals surface area contributed by atoms with Crippen LogP contribution >= 0.6 is 0 Å². The van der Waals surface area contributed by atoms with Gasteiger partial charge in [-0.25, -0.2) is 9.97 Å². The first kappa shape index (κ1) is 17.9. The molecule has 1 unspecified atom stereocenters. The highest BCUT2D eigenvalue weighted by atomic mass is 15.3. The third-order valence-electron chi connectivity index (χ3n) is 6.32. The standard InChI is InChI=1S/C24H23N7/c25-24-29-22-21(26-14-27-22)23(30-24)31-13-12-17-16-8-4-5-9-18(16)28-20(17)19(31)11-10-15-6-2-1-3-7-15/h1-9,14,19,28H,10-13H2,(H3,25,26,27,29,30)/p+1. The molecule has 0 amide bonds. The summed E-state index contributed by atoms with van der Waals surface area (Å²) in [6.45, 7) is 0.891. The second-order valence-electron chi connectivity index (χ2n) is 8.12. The molecule has 154 valence electrons. The molecule has 0 saturated carbocycles. The van der Waals surface area contributed by atoms with Gasteiger partial charge >= 0.3 is 5.95 Å². The van der Waals surface area contributed by atoms with Gasteiger partial charge < -0.3 is 15.7 Å². The van der Waals surface area contributed by atoms with Crippen LogP contribution in [0.25, 0.3) is 22.1 Å². The summed E-state index contributed by atoms with van der Waals surface area (Å²) in [7, 11) is 0. The van der Waals surface area contributed by atoms with Crippen LogP contribution in [0.2, 0.25) is 0 Å². The number of nitrogens with zero attached hydrogens (tertiary/aromatic N) is 3. The highest BCUT2D eigenvalue weighted by molar-refractivity contribution is 5.86. The lowest BCUT2D eigenvalue weighted by Gasteiger charge is -2.34. The number of benzene rings is 2. The predicted molar refractivity (Wildman–Crippen MR) is 122 cm³/mol. The number of para-hydroxylation sites is 1. The maximum Gasteiger partial charge on any atom is 0.344 e. The highest BCUT2D eigenvalue weighted by Crippen LogP contribution is 2.39. The zero-order chi connectivity index (χ0) is 20.8. The van der Waals surface area contributed by atoms with Crippen molar-refractivity contribution in [1.82, 2.24) is 19.9 Å². The molecule has 7 nitrogen and oxygen atoms in total. The Kier molecular flexibility index (Phi) is 4.12. The molecule has 31 heavy (non-hydrogen) atoms. The summed E-state index contributed by atoms with van der Waals surface area (Å²) in [4.78, 5) is 21.4. The maximum atomic E-state index is 6.10. The Balaban J connectivity index is 1.47. The zero-order valence-corrected chi connectivity index (χ0v) is 17.1. The van der Waals surface area contributed by atoms with Gasteiger partial charge in [0.2, 0.25) is 11.5 Å². The van der Waals surface area contributed by atoms with Crippen LogP contribution in [0.4, 0.5) is 11.8 Å². The van der Waals surface area contributed by atoms with Crippen LogP contribution in [0.3, 0.4) is 0 Å². The van der Waals surface area contributed by atoms with E-state index >= 15 is 0 Å². The monoisotopic (exact) mass is 410 g/mol. The van der Waals surface area contributed by atoms with Crippen molar-refractivity contribution >= 4 is 33.8 Å². The van der Waals surface area contributed by atoms with Crippen molar-refractivity contribution in [1.29, 1.82) is 0 Å². The summed E-state index contributed by atoms with van der Waals surface area (Å²) in [6.07, 6.45) is 4.61. The molecule has 7 heteroatoms. The van der Waals surface area contributed by atoms with Crippen molar-refractivity contribution in [3.05, 3.63) is 77.7 Å². The number of imidazole rings is 1. The third kappa shape index (κ3) is 3.01. The third-order valence-corrected chi connectivity index (χ3v) is 6.32. The Hall–Kier alpha value is -3.87. The molecule has 0 saturated heterocycles. The van der Waals surface area contributed by atoms with Gasteiger partial charge in [0, 0.05) is 17.3 Å². The summed E-state index contributed by atoms with van der Waals surface area (Å²) in [6, 6.07) is 19.4. The van der Waals surface area contributed by atoms with Gasteiger partial charge in [0.05, 0.1) is 18.6 Å². The van der Waals surface area contributed by atoms with Crippen molar-refractivity contribution in [2.75, 3.05) is 17.2 Å². The number of nitrogens with two attached hydrogens (primary N) is 1. The molecule has 4 heterocycles. The molecule has 1 aliphatic heterocycles. The molecule has 5 N–H and O–H groups in total. The summed E-state index contributed by atoms with van der Waals surface area (Å²) >= 11 is 0. The first-order valence-electron chi connectivity index (χ1n) is 10.7. The van der Waals surface area contributed by atoms with Crippen molar-refractivity contribution in [3.8, 4) is 0 Å². The fourth-order valence-electron chi connectivity index (χ4n) is 4.92. The fraction of sp³-hybridized carbons (Fsp3) is 0.208. The van der Waals surface area contributed by atoms with E-state index in [1.165, 1.54) is 27.7 Å². The van der Waals surface area contributed by atoms with E-state index in [1.807, 2.05) is 0 Å². The highest BCUT2D eigenvalue weighted by Gasteiger charge is 2.35. The van der Waals surface area contributed by atoms with E-state index in [4.69, 9.17) is 5.73 Å². The number of nitrogens with one attached hydrogen (secondary N) is 3. The van der Waals surface area contributed by atoms with E-state index in [9.17, 15) is 0 Å². The molecule has 0 aliphatic carbocycles. The summed E-state index contributed by atoms with van der Waals surface area (Å²) in [5, 5.41) is 1.33. The average molecular weight is 411 g/mol. The SMILES string of the molecule is Nc1nc2nc[nH]c2c(N2CCc3c([nH]c4ccccc34)C2CCc2ccccc2)[nH+]1. The van der Waals surface area contributed by atoms with Gasteiger partial charge in [0.25, 0.3) is 0 Å². The lowest BCUT2D eigenvalue weighted by Crippen LogP contribution is -2.40. The molecule has 0 bridgehead atoms. The van der Waals surface area contributed by atoms with E-state index in [2.05, 4.69) is 84.4 Å². The normalized spacial score (nSPS) is 16.1. The van der Waals surface area contributed by atoms with E-state index in [-0.39, 0.29) is 6.04 Å². The Bertz CT molecular complexity index is 1370. The Morgan fingerprint density at radius 3 is 2.84 bits per heavy atom. The van der Waals surface area contributed by atoms with Gasteiger partial charge in [0.15, 0.2) is 5.52 Å². The number of rotatable bonds is 4. The molecule has 6 rings (SSSR count). The van der Waals surface area contributed by atoms with Crippen molar-refractivity contribution < 1.29 is 4.98 Å². The number of hydrogen-bond donors (Lipinski definition) is 3. The number of fused-ring (bicyclic) bond motifs is 4. The van der Waals surface area contributed by atoms with Gasteiger partial charge in [-0.2, -0.15) is 0 Å². The Labute approximate surface area is 179 Å². The van der Waals surface area contributed by atoms with Gasteiger partial charge in [0.1, 0.15) is 6.04 Å². The number of nitrogen functional groups attached to an aromatic ring is 1. The minimum Gasteiger partial charge on any atom is -0.356 e. The lowest BCUT2D eigenvalue weighted by atomic mass is 9.93. The lowest BCUT2D eigenvalue weighted by molar-refractivity contribution is -0.349. The molecule has 0 fully saturated rings. The maximum absolute atomic E-state index is 6.10. The minimum absolute atomic E-state index is 0.181. The van der Waals surface area contributed by atoms with E-state index in [1.54, 1.807) is 6.33 Å². The Morgan fingerprint density at radius 1 is 1.10 bits per heavy atom. The number of aromatic amines is 3. The van der Waals surface area contributed by atoms with Crippen LogP contribution in [0.15, 0.2) is 60.9 Å². The molecule has 3 aromatic heterocycles. The number of hydrogen-bond acceptors (Lipinski definition) is 4. The molecular formula is C24H24N7+. The largest absolute Gasteiger partial charge is 0.356 e. The minimum atomic E-state index is 0.181. The predicted octanol–water partition coefficient (Wildman–Crippen LogP) is 3.57. The quantitative estimate of drug-likeness (QED) is 0.422. The van der Waals surface area contributed by atoms with Crippen LogP contribution in [-0.2, 0) is 12.8 Å². The van der Waals surface area contributed by atoms with Crippen LogP contribution in [0.5, 0.6) is 0 Å². The average Bonchev–Trinajstić information content (AvgIpc) is 3.42. The topological polar surface area (TPSA) is 101 Å². The van der Waals surface area contributed by atoms with Crippen LogP contribution in [0, 0.1) is 0 Å². The van der Waals surface area contributed by atoms with Gasteiger partial charge in [-0.05, 0) is 30.0 Å². The summed E-state index contributed by atoms with van der Waals surface area (Å²) in [5.74, 6) is 1.32. The van der Waals surface area contributed by atoms with Crippen LogP contribution in [-0.4, -0.2) is 26.5 Å². The smallest absolute Gasteiger partial charge is 0.344 e. The molecule has 5 aromatic rings. The van der Waals surface area contributed by atoms with Crippen molar-refractivity contribution in [2.45, 2.75) is 25.3 Å². The van der Waals surface area contributed by atoms with Crippen LogP contribution < -0.4 is 15.6 Å². The fourth-order valence-corrected chi connectivity index (χ4v) is 4.92. The summed E-state index contributed by atoms with van der Waals surface area (Å²) < 4.78 is 0. The second-order valence-corrected chi connectivity index (χ2v) is 8.12. The second kappa shape index (κ2) is 7.12. The number of aryl methyl sites for hydroxylation is 1. The number of H-pyrrole nitrogens is 3. The van der Waals surface area contributed by atoms with Crippen molar-refractivity contribution in [2.24, 2.45) is 0 Å². The van der Waals surface area contributed by atoms with Gasteiger partial charge in [-0.15, -0.1) is 0 Å². The number of anilines is 2. The first-order valence-corrected chi connectivity index (χ1v) is 10.7. The van der Waals surface area contributed by atoms with Gasteiger partial charge in [-0.3, -0.25) is 4.90 Å². The summed E-state index contributed by atoms with van der Waals surface area (Å²) in [5.41, 5.74) is 12.9. The van der Waals surface area contributed by atoms with Crippen molar-refractivity contribution in [3.63, 3.8) is 0 Å². The zero-order valence-electron chi connectivity index (χ0n) is 17.1. The molecule has 1 aliphatic rings. The van der Waals surface area contributed by atoms with E-state index in [0.717, 1.165) is 37.1 Å². The first-order chi connectivity index (χ1) is 15.3. The Morgan fingerprint density at radius 2 is 1.94 bits per heavy atom. The molecule has 1 atom stereocenters. The molecule has 0 radical (unpaired) electrons. The molecule has 2 aromatic carbocycles. The van der Waals surface area contributed by atoms with Crippen LogP contribution in [0.1, 0.15) is 29.3 Å². The molecule has 0 spiro atoms. The van der Waals surface area contributed by atoms with E-state index in [0.29, 0.717) is 11.6 Å².